The van der Waals surface area contributed by atoms with Crippen LogP contribution in [0.4, 0.5) is 5.69 Å². The van der Waals surface area contributed by atoms with E-state index in [2.05, 4.69) is 5.32 Å². The number of amides is 1. The molecule has 6 nitrogen and oxygen atoms in total. The van der Waals surface area contributed by atoms with E-state index in [1.54, 1.807) is 12.1 Å². The van der Waals surface area contributed by atoms with E-state index < -0.39 is 5.91 Å². The Morgan fingerprint density at radius 1 is 1.18 bits per heavy atom. The number of anilines is 1. The van der Waals surface area contributed by atoms with Crippen molar-refractivity contribution < 1.29 is 18.7 Å². The van der Waals surface area contributed by atoms with E-state index >= 15 is 0 Å². The summed E-state index contributed by atoms with van der Waals surface area (Å²) < 4.78 is 12.1. The predicted molar refractivity (Wildman–Crippen MR) is 108 cm³/mol. The largest absolute Gasteiger partial charge is 0.619 e. The minimum Gasteiger partial charge on any atom is -0.619 e. The number of carbonyl (C=O) groups is 1. The molecule has 0 spiro atoms. The first-order chi connectivity index (χ1) is 13.5. The van der Waals surface area contributed by atoms with E-state index in [-0.39, 0.29) is 15.7 Å². The van der Waals surface area contributed by atoms with Gasteiger partial charge in [-0.3, -0.25) is 4.79 Å². The molecule has 0 fully saturated rings. The van der Waals surface area contributed by atoms with Crippen LogP contribution >= 0.6 is 23.2 Å². The summed E-state index contributed by atoms with van der Waals surface area (Å²) in [7, 11) is 0. The third kappa shape index (κ3) is 3.10. The lowest BCUT2D eigenvalue weighted by Gasteiger charge is -2.11. The first-order valence-electron chi connectivity index (χ1n) is 8.45. The lowest BCUT2D eigenvalue weighted by Crippen LogP contribution is -2.25. The van der Waals surface area contributed by atoms with Crippen molar-refractivity contribution in [3.8, 4) is 5.75 Å². The average Bonchev–Trinajstić information content (AvgIpc) is 3.05. The molecule has 4 aromatic rings. The van der Waals surface area contributed by atoms with Gasteiger partial charge in [-0.2, -0.15) is 4.73 Å². The molecule has 4 rings (SSSR count). The van der Waals surface area contributed by atoms with E-state index in [1.807, 2.05) is 31.2 Å². The van der Waals surface area contributed by atoms with Gasteiger partial charge in [-0.25, -0.2) is 0 Å². The first-order valence-corrected chi connectivity index (χ1v) is 9.21. The maximum Gasteiger partial charge on any atom is 0.256 e. The molecule has 142 valence electrons. The lowest BCUT2D eigenvalue weighted by atomic mass is 10.0. The molecular weight excluding hydrogens is 403 g/mol. The minimum absolute atomic E-state index is 0.0371. The van der Waals surface area contributed by atoms with Gasteiger partial charge in [0.1, 0.15) is 15.6 Å². The predicted octanol–water partition coefficient (Wildman–Crippen LogP) is 5.18. The highest BCUT2D eigenvalue weighted by atomic mass is 35.5. The molecule has 0 aliphatic heterocycles. The molecule has 2 aromatic heterocycles. The smallest absolute Gasteiger partial charge is 0.256 e. The number of pyridine rings is 1. The van der Waals surface area contributed by atoms with Gasteiger partial charge in [0, 0.05) is 10.8 Å². The molecule has 0 radical (unpaired) electrons. The number of para-hydroxylation sites is 1. The Labute approximate surface area is 169 Å². The van der Waals surface area contributed by atoms with Crippen molar-refractivity contribution in [1.29, 1.82) is 0 Å². The molecule has 0 atom stereocenters. The fourth-order valence-electron chi connectivity index (χ4n) is 3.07. The second-order valence-electron chi connectivity index (χ2n) is 5.99. The first kappa shape index (κ1) is 18.4. The zero-order chi connectivity index (χ0) is 19.8. The van der Waals surface area contributed by atoms with Crippen molar-refractivity contribution in [2.24, 2.45) is 0 Å². The van der Waals surface area contributed by atoms with E-state index in [0.29, 0.717) is 39.2 Å². The van der Waals surface area contributed by atoms with Crippen LogP contribution < -0.4 is 14.8 Å². The number of carbonyl (C=O) groups excluding carboxylic acids is 1. The van der Waals surface area contributed by atoms with Crippen LogP contribution in [0.25, 0.3) is 21.9 Å². The molecule has 0 saturated carbocycles. The number of hydrogen-bond donors (Lipinski definition) is 1. The molecule has 8 heteroatoms. The molecule has 0 aliphatic carbocycles. The van der Waals surface area contributed by atoms with E-state index in [4.69, 9.17) is 32.4 Å². The molecule has 1 N–H and O–H groups in total. The van der Waals surface area contributed by atoms with Crippen LogP contribution in [0.1, 0.15) is 17.3 Å². The van der Waals surface area contributed by atoms with Gasteiger partial charge in [0.25, 0.3) is 5.91 Å². The Hall–Kier alpha value is -2.96. The SMILES string of the molecule is CCOc1ccc(C(=O)Nc2c(Cl)c[n+]([O-])cc2Cl)c2c1oc1ccccc12. The highest BCUT2D eigenvalue weighted by molar-refractivity contribution is 6.39. The van der Waals surface area contributed by atoms with Crippen molar-refractivity contribution in [3.63, 3.8) is 0 Å². The van der Waals surface area contributed by atoms with E-state index in [0.717, 1.165) is 17.8 Å². The Morgan fingerprint density at radius 2 is 1.89 bits per heavy atom. The second kappa shape index (κ2) is 7.22. The van der Waals surface area contributed by atoms with Crippen LogP contribution in [-0.4, -0.2) is 12.5 Å². The Balaban J connectivity index is 1.87. The van der Waals surface area contributed by atoms with Crippen LogP contribution in [0, 0.1) is 5.21 Å². The highest BCUT2D eigenvalue weighted by Crippen LogP contribution is 2.38. The lowest BCUT2D eigenvalue weighted by molar-refractivity contribution is -0.605. The summed E-state index contributed by atoms with van der Waals surface area (Å²) in [4.78, 5) is 13.0. The maximum atomic E-state index is 13.0. The van der Waals surface area contributed by atoms with Crippen molar-refractivity contribution in [2.45, 2.75) is 6.92 Å². The minimum atomic E-state index is -0.438. The van der Waals surface area contributed by atoms with Gasteiger partial charge in [-0.1, -0.05) is 41.4 Å². The van der Waals surface area contributed by atoms with Crippen LogP contribution in [0.15, 0.2) is 53.2 Å². The maximum absolute atomic E-state index is 13.0. The summed E-state index contributed by atoms with van der Waals surface area (Å²) in [5.74, 6) is 0.112. The molecule has 0 saturated heterocycles. The zero-order valence-electron chi connectivity index (χ0n) is 14.7. The number of benzene rings is 2. The monoisotopic (exact) mass is 416 g/mol. The number of hydrogen-bond acceptors (Lipinski definition) is 4. The van der Waals surface area contributed by atoms with Crippen LogP contribution in [0.3, 0.4) is 0 Å². The molecule has 2 aromatic carbocycles. The fraction of sp³-hybridized carbons (Fsp3) is 0.100. The third-order valence-electron chi connectivity index (χ3n) is 4.23. The van der Waals surface area contributed by atoms with Crippen LogP contribution in [-0.2, 0) is 0 Å². The van der Waals surface area contributed by atoms with Crippen molar-refractivity contribution >= 4 is 56.7 Å². The number of nitrogens with one attached hydrogen (secondary N) is 1. The normalized spacial score (nSPS) is 11.1. The summed E-state index contributed by atoms with van der Waals surface area (Å²) in [5.41, 5.74) is 1.66. The van der Waals surface area contributed by atoms with Crippen molar-refractivity contribution in [2.75, 3.05) is 11.9 Å². The zero-order valence-corrected chi connectivity index (χ0v) is 16.2. The van der Waals surface area contributed by atoms with E-state index in [9.17, 15) is 10.0 Å². The van der Waals surface area contributed by atoms with Gasteiger partial charge in [-0.05, 0) is 25.1 Å². The molecule has 1 amide bonds. The molecule has 0 aliphatic rings. The number of rotatable bonds is 4. The second-order valence-corrected chi connectivity index (χ2v) is 6.80. The fourth-order valence-corrected chi connectivity index (χ4v) is 3.61. The number of furan rings is 1. The number of fused-ring (bicyclic) bond motifs is 3. The van der Waals surface area contributed by atoms with Gasteiger partial charge in [0.15, 0.2) is 11.3 Å². The number of nitrogens with zero attached hydrogens (tertiary/aromatic N) is 1. The molecule has 0 bridgehead atoms. The Kier molecular flexibility index (Phi) is 4.75. The van der Waals surface area contributed by atoms with Gasteiger partial charge in [0.05, 0.1) is 17.9 Å². The molecular formula is C20H14Cl2N2O4. The summed E-state index contributed by atoms with van der Waals surface area (Å²) in [6.07, 6.45) is 2.23. The quantitative estimate of drug-likeness (QED) is 0.367. The van der Waals surface area contributed by atoms with Crippen LogP contribution in [0.5, 0.6) is 5.75 Å². The molecule has 2 heterocycles. The van der Waals surface area contributed by atoms with Gasteiger partial charge in [-0.15, -0.1) is 0 Å². The summed E-state index contributed by atoms with van der Waals surface area (Å²) in [6.45, 7) is 2.33. The number of aromatic nitrogens is 1. The van der Waals surface area contributed by atoms with Crippen molar-refractivity contribution in [1.82, 2.24) is 0 Å². The summed E-state index contributed by atoms with van der Waals surface area (Å²) in [5, 5.41) is 15.6. The van der Waals surface area contributed by atoms with Gasteiger partial charge < -0.3 is 19.7 Å². The van der Waals surface area contributed by atoms with E-state index in [1.165, 1.54) is 0 Å². The summed E-state index contributed by atoms with van der Waals surface area (Å²) >= 11 is 12.1. The number of ether oxygens (including phenoxy) is 1. The topological polar surface area (TPSA) is 78.4 Å². The average molecular weight is 417 g/mol. The standard InChI is InChI=1S/C20H14Cl2N2O4/c1-2-27-16-8-7-12(17-11-5-3-4-6-15(11)28-19(16)17)20(25)23-18-13(21)9-24(26)10-14(18)22/h3-10H,2H2,1H3,(H,23,25). The van der Waals surface area contributed by atoms with Crippen molar-refractivity contribution in [3.05, 3.63) is 69.6 Å². The molecule has 0 unspecified atom stereocenters. The Bertz CT molecular complexity index is 1200. The Morgan fingerprint density at radius 3 is 2.61 bits per heavy atom. The van der Waals surface area contributed by atoms with Crippen LogP contribution in [0.2, 0.25) is 10.0 Å². The van der Waals surface area contributed by atoms with Gasteiger partial charge >= 0.3 is 0 Å². The summed E-state index contributed by atoms with van der Waals surface area (Å²) in [6, 6.07) is 10.8. The molecule has 28 heavy (non-hydrogen) atoms. The highest BCUT2D eigenvalue weighted by Gasteiger charge is 2.22. The van der Waals surface area contributed by atoms with Gasteiger partial charge in [0.2, 0.25) is 12.4 Å². The number of halogens is 2. The third-order valence-corrected chi connectivity index (χ3v) is 4.80.